The molecule has 4 rings (SSSR count). The van der Waals surface area contributed by atoms with Gasteiger partial charge in [-0.1, -0.05) is 0 Å². The predicted octanol–water partition coefficient (Wildman–Crippen LogP) is 3.70. The SMILES string of the molecule is COc1ccc2[nH]c(=S)n(-c3ccc4ncsc4c3)c2n1. The molecule has 0 aliphatic rings. The van der Waals surface area contributed by atoms with Crippen LogP contribution in [0.2, 0.25) is 0 Å². The molecule has 0 saturated carbocycles. The fourth-order valence-electron chi connectivity index (χ4n) is 2.30. The summed E-state index contributed by atoms with van der Waals surface area (Å²) in [4.78, 5) is 11.9. The Morgan fingerprint density at radius 1 is 1.29 bits per heavy atom. The molecule has 5 nitrogen and oxygen atoms in total. The van der Waals surface area contributed by atoms with E-state index in [4.69, 9.17) is 17.0 Å². The van der Waals surface area contributed by atoms with E-state index in [1.165, 1.54) is 0 Å². The van der Waals surface area contributed by atoms with Crippen molar-refractivity contribution in [3.63, 3.8) is 0 Å². The third kappa shape index (κ3) is 1.93. The molecule has 0 amide bonds. The molecular formula is C14H10N4OS2. The first kappa shape index (κ1) is 12.5. The van der Waals surface area contributed by atoms with Crippen LogP contribution < -0.4 is 4.74 Å². The Balaban J connectivity index is 2.03. The molecule has 4 aromatic rings. The van der Waals surface area contributed by atoms with Crippen LogP contribution in [0.1, 0.15) is 0 Å². The van der Waals surface area contributed by atoms with Gasteiger partial charge in [-0.05, 0) is 36.5 Å². The molecule has 1 aromatic carbocycles. The highest BCUT2D eigenvalue weighted by molar-refractivity contribution is 7.71. The topological polar surface area (TPSA) is 55.7 Å². The fourth-order valence-corrected chi connectivity index (χ4v) is 3.31. The summed E-state index contributed by atoms with van der Waals surface area (Å²) in [5.74, 6) is 0.559. The second-order valence-corrected chi connectivity index (χ2v) is 5.77. The average molecular weight is 314 g/mol. The van der Waals surface area contributed by atoms with Gasteiger partial charge in [0, 0.05) is 6.07 Å². The van der Waals surface area contributed by atoms with E-state index < -0.39 is 0 Å². The van der Waals surface area contributed by atoms with E-state index in [1.54, 1.807) is 18.4 Å². The van der Waals surface area contributed by atoms with Crippen molar-refractivity contribution in [3.05, 3.63) is 40.6 Å². The van der Waals surface area contributed by atoms with Gasteiger partial charge >= 0.3 is 0 Å². The van der Waals surface area contributed by atoms with Gasteiger partial charge in [0.25, 0.3) is 0 Å². The smallest absolute Gasteiger partial charge is 0.215 e. The standard InChI is InChI=1S/C14H10N4OS2/c1-19-12-5-4-10-13(17-12)18(14(20)16-10)8-2-3-9-11(6-8)21-7-15-9/h2-7H,1H3,(H,16,20). The van der Waals surface area contributed by atoms with Crippen molar-refractivity contribution in [1.82, 2.24) is 19.5 Å². The Morgan fingerprint density at radius 3 is 3.05 bits per heavy atom. The van der Waals surface area contributed by atoms with E-state index in [1.807, 2.05) is 34.3 Å². The number of nitrogens with one attached hydrogen (secondary N) is 1. The minimum atomic E-state index is 0.559. The number of aromatic nitrogens is 4. The summed E-state index contributed by atoms with van der Waals surface area (Å²) >= 11 is 7.03. The molecule has 0 fully saturated rings. The number of hydrogen-bond donors (Lipinski definition) is 1. The van der Waals surface area contributed by atoms with Crippen LogP contribution in [0.3, 0.4) is 0 Å². The van der Waals surface area contributed by atoms with Gasteiger partial charge in [0.2, 0.25) is 5.88 Å². The van der Waals surface area contributed by atoms with Crippen LogP contribution in [0.25, 0.3) is 27.1 Å². The molecule has 0 saturated heterocycles. The molecule has 21 heavy (non-hydrogen) atoms. The van der Waals surface area contributed by atoms with E-state index >= 15 is 0 Å². The van der Waals surface area contributed by atoms with Crippen LogP contribution >= 0.6 is 23.6 Å². The molecule has 0 bridgehead atoms. The molecule has 1 N–H and O–H groups in total. The van der Waals surface area contributed by atoms with Crippen LogP contribution in [0.4, 0.5) is 0 Å². The Morgan fingerprint density at radius 2 is 2.19 bits per heavy atom. The molecule has 104 valence electrons. The van der Waals surface area contributed by atoms with E-state index in [9.17, 15) is 0 Å². The zero-order chi connectivity index (χ0) is 14.4. The Bertz CT molecular complexity index is 1010. The van der Waals surface area contributed by atoms with Gasteiger partial charge in [-0.15, -0.1) is 11.3 Å². The van der Waals surface area contributed by atoms with Gasteiger partial charge in [0.1, 0.15) is 0 Å². The zero-order valence-corrected chi connectivity index (χ0v) is 12.7. The highest BCUT2D eigenvalue weighted by Crippen LogP contribution is 2.25. The molecule has 3 heterocycles. The van der Waals surface area contributed by atoms with Gasteiger partial charge in [0.15, 0.2) is 10.4 Å². The van der Waals surface area contributed by atoms with Crippen molar-refractivity contribution in [2.24, 2.45) is 0 Å². The van der Waals surface area contributed by atoms with E-state index in [0.717, 1.165) is 27.1 Å². The van der Waals surface area contributed by atoms with Crippen LogP contribution in [0.15, 0.2) is 35.8 Å². The van der Waals surface area contributed by atoms with Crippen LogP contribution in [0.5, 0.6) is 5.88 Å². The number of pyridine rings is 1. The van der Waals surface area contributed by atoms with Crippen LogP contribution in [-0.2, 0) is 0 Å². The van der Waals surface area contributed by atoms with Crippen LogP contribution in [-0.4, -0.2) is 26.6 Å². The van der Waals surface area contributed by atoms with Crippen molar-refractivity contribution < 1.29 is 4.74 Å². The first-order valence-electron chi connectivity index (χ1n) is 6.25. The number of hydrogen-bond acceptors (Lipinski definition) is 5. The van der Waals surface area contributed by atoms with Crippen molar-refractivity contribution in [3.8, 4) is 11.6 Å². The molecule has 0 atom stereocenters. The maximum atomic E-state index is 5.43. The number of aromatic amines is 1. The lowest BCUT2D eigenvalue weighted by Gasteiger charge is -2.05. The molecule has 0 spiro atoms. The highest BCUT2D eigenvalue weighted by atomic mass is 32.1. The number of H-pyrrole nitrogens is 1. The number of benzene rings is 1. The molecule has 0 radical (unpaired) electrons. The maximum Gasteiger partial charge on any atom is 0.215 e. The number of ether oxygens (including phenoxy) is 1. The minimum absolute atomic E-state index is 0.559. The predicted molar refractivity (Wildman–Crippen MR) is 86.0 cm³/mol. The summed E-state index contributed by atoms with van der Waals surface area (Å²) in [5, 5.41) is 0. The maximum absolute atomic E-state index is 5.43. The van der Waals surface area contributed by atoms with Gasteiger partial charge < -0.3 is 9.72 Å². The lowest BCUT2D eigenvalue weighted by atomic mass is 10.3. The summed E-state index contributed by atoms with van der Waals surface area (Å²) in [6, 6.07) is 9.77. The first-order valence-corrected chi connectivity index (χ1v) is 7.54. The summed E-state index contributed by atoms with van der Waals surface area (Å²) in [6.07, 6.45) is 0. The van der Waals surface area contributed by atoms with Gasteiger partial charge in [-0.3, -0.25) is 4.57 Å². The summed E-state index contributed by atoms with van der Waals surface area (Å²) in [6.45, 7) is 0. The van der Waals surface area contributed by atoms with Crippen molar-refractivity contribution >= 4 is 44.9 Å². The van der Waals surface area contributed by atoms with Gasteiger partial charge in [-0.2, -0.15) is 4.98 Å². The number of thiazole rings is 1. The van der Waals surface area contributed by atoms with Gasteiger partial charge in [0.05, 0.1) is 34.0 Å². The third-order valence-electron chi connectivity index (χ3n) is 3.29. The molecule has 0 aliphatic heterocycles. The summed E-state index contributed by atoms with van der Waals surface area (Å²) < 4.78 is 8.83. The normalized spacial score (nSPS) is 11.3. The molecule has 0 unspecified atom stereocenters. The lowest BCUT2D eigenvalue weighted by molar-refractivity contribution is 0.399. The van der Waals surface area contributed by atoms with Crippen molar-refractivity contribution in [1.29, 1.82) is 0 Å². The number of fused-ring (bicyclic) bond motifs is 2. The monoisotopic (exact) mass is 314 g/mol. The minimum Gasteiger partial charge on any atom is -0.481 e. The zero-order valence-electron chi connectivity index (χ0n) is 11.0. The summed E-state index contributed by atoms with van der Waals surface area (Å²) in [7, 11) is 1.60. The largest absolute Gasteiger partial charge is 0.481 e. The van der Waals surface area contributed by atoms with Crippen molar-refractivity contribution in [2.45, 2.75) is 0 Å². The molecule has 3 aromatic heterocycles. The molecule has 7 heteroatoms. The second kappa shape index (κ2) is 4.64. The first-order chi connectivity index (χ1) is 10.3. The quantitative estimate of drug-likeness (QED) is 0.573. The number of nitrogens with zero attached hydrogens (tertiary/aromatic N) is 3. The third-order valence-corrected chi connectivity index (χ3v) is 4.36. The molecular weight excluding hydrogens is 304 g/mol. The van der Waals surface area contributed by atoms with E-state index in [2.05, 4.69) is 21.0 Å². The van der Waals surface area contributed by atoms with Gasteiger partial charge in [-0.25, -0.2) is 4.98 Å². The average Bonchev–Trinajstić information content (AvgIpc) is 3.08. The van der Waals surface area contributed by atoms with Crippen LogP contribution in [0, 0.1) is 4.77 Å². The van der Waals surface area contributed by atoms with E-state index in [-0.39, 0.29) is 0 Å². The number of methoxy groups -OCH3 is 1. The lowest BCUT2D eigenvalue weighted by Crippen LogP contribution is -1.96. The Kier molecular flexibility index (Phi) is 2.76. The number of imidazole rings is 1. The molecule has 0 aliphatic carbocycles. The Hall–Kier alpha value is -2.25. The van der Waals surface area contributed by atoms with E-state index in [0.29, 0.717) is 10.7 Å². The number of rotatable bonds is 2. The van der Waals surface area contributed by atoms with Crippen molar-refractivity contribution in [2.75, 3.05) is 7.11 Å². The summed E-state index contributed by atoms with van der Waals surface area (Å²) in [5.41, 5.74) is 5.42. The highest BCUT2D eigenvalue weighted by Gasteiger charge is 2.10. The fraction of sp³-hybridized carbons (Fsp3) is 0.0714. The Labute approximate surface area is 128 Å². The second-order valence-electron chi connectivity index (χ2n) is 4.49.